The van der Waals surface area contributed by atoms with Crippen LogP contribution in [0.25, 0.3) is 0 Å². The van der Waals surface area contributed by atoms with Gasteiger partial charge < -0.3 is 15.7 Å². The molecule has 0 spiro atoms. The molecule has 1 saturated heterocycles. The van der Waals surface area contributed by atoms with Crippen LogP contribution in [0, 0.1) is 5.41 Å². The summed E-state index contributed by atoms with van der Waals surface area (Å²) in [5.41, 5.74) is -1.07. The molecule has 1 atom stereocenters. The second-order valence-corrected chi connectivity index (χ2v) is 5.47. The summed E-state index contributed by atoms with van der Waals surface area (Å²) < 4.78 is 0. The molecule has 98 valence electrons. The molecule has 5 nitrogen and oxygen atoms in total. The van der Waals surface area contributed by atoms with E-state index >= 15 is 0 Å². The predicted octanol–water partition coefficient (Wildman–Crippen LogP) is 0.746. The van der Waals surface area contributed by atoms with E-state index in [9.17, 15) is 9.59 Å². The summed E-state index contributed by atoms with van der Waals surface area (Å²) >= 11 is 0. The molecule has 0 saturated carbocycles. The van der Waals surface area contributed by atoms with E-state index in [-0.39, 0.29) is 17.7 Å². The first-order chi connectivity index (χ1) is 7.81. The van der Waals surface area contributed by atoms with Crippen LogP contribution in [-0.2, 0) is 9.59 Å². The molecule has 3 N–H and O–H groups in total. The lowest BCUT2D eigenvalue weighted by Gasteiger charge is -2.32. The Morgan fingerprint density at radius 1 is 1.47 bits per heavy atom. The van der Waals surface area contributed by atoms with Crippen molar-refractivity contribution in [1.29, 1.82) is 0 Å². The van der Waals surface area contributed by atoms with Gasteiger partial charge in [-0.2, -0.15) is 0 Å². The van der Waals surface area contributed by atoms with Gasteiger partial charge in [0.05, 0.1) is 11.8 Å². The molecule has 0 radical (unpaired) electrons. The van der Waals surface area contributed by atoms with Crippen LogP contribution in [0.4, 0.5) is 0 Å². The normalized spacial score (nSPS) is 24.6. The molecule has 5 heteroatoms. The first kappa shape index (κ1) is 14.0. The minimum absolute atomic E-state index is 0.0312. The minimum Gasteiger partial charge on any atom is -0.481 e. The Kier molecular flexibility index (Phi) is 4.14. The lowest BCUT2D eigenvalue weighted by atomic mass is 9.82. The zero-order valence-electron chi connectivity index (χ0n) is 10.8. The number of carboxylic acids is 1. The summed E-state index contributed by atoms with van der Waals surface area (Å²) in [7, 11) is 0. The molecule has 0 aromatic carbocycles. The number of rotatable bonds is 5. The molecule has 1 heterocycles. The van der Waals surface area contributed by atoms with Crippen molar-refractivity contribution in [1.82, 2.24) is 10.6 Å². The standard InChI is InChI=1S/C12H22N2O3/c1-4-12(5-6-13-8-12)10(17)14-11(2,3)7-9(15)16/h13H,4-8H2,1-3H3,(H,14,17)(H,15,16). The summed E-state index contributed by atoms with van der Waals surface area (Å²) in [5.74, 6) is -0.929. The third-order valence-electron chi connectivity index (χ3n) is 3.45. The molecule has 1 amide bonds. The zero-order valence-corrected chi connectivity index (χ0v) is 10.8. The highest BCUT2D eigenvalue weighted by Gasteiger charge is 2.41. The van der Waals surface area contributed by atoms with Crippen LogP contribution >= 0.6 is 0 Å². The van der Waals surface area contributed by atoms with Gasteiger partial charge in [-0.15, -0.1) is 0 Å². The number of aliphatic carboxylic acids is 1. The average Bonchev–Trinajstić information content (AvgIpc) is 2.63. The SMILES string of the molecule is CCC1(C(=O)NC(C)(C)CC(=O)O)CCNC1. The predicted molar refractivity (Wildman–Crippen MR) is 64.7 cm³/mol. The maximum absolute atomic E-state index is 12.3. The van der Waals surface area contributed by atoms with Crippen molar-refractivity contribution in [2.24, 2.45) is 5.41 Å². The fraction of sp³-hybridized carbons (Fsp3) is 0.833. The summed E-state index contributed by atoms with van der Waals surface area (Å²) in [6.45, 7) is 7.01. The van der Waals surface area contributed by atoms with E-state index in [1.165, 1.54) is 0 Å². The lowest BCUT2D eigenvalue weighted by molar-refractivity contribution is -0.139. The molecular formula is C12H22N2O3. The molecule has 17 heavy (non-hydrogen) atoms. The molecule has 0 aliphatic carbocycles. The van der Waals surface area contributed by atoms with Gasteiger partial charge in [-0.25, -0.2) is 0 Å². The molecule has 1 aliphatic rings. The number of hydrogen-bond donors (Lipinski definition) is 3. The minimum atomic E-state index is -0.898. The highest BCUT2D eigenvalue weighted by atomic mass is 16.4. The molecule has 1 unspecified atom stereocenters. The largest absolute Gasteiger partial charge is 0.481 e. The van der Waals surface area contributed by atoms with Crippen LogP contribution < -0.4 is 10.6 Å². The maximum Gasteiger partial charge on any atom is 0.305 e. The molecule has 1 fully saturated rings. The Labute approximate surface area is 102 Å². The number of carboxylic acid groups (broad SMARTS) is 1. The fourth-order valence-electron chi connectivity index (χ4n) is 2.26. The van der Waals surface area contributed by atoms with Crippen molar-refractivity contribution in [2.75, 3.05) is 13.1 Å². The van der Waals surface area contributed by atoms with Gasteiger partial charge in [-0.05, 0) is 33.2 Å². The van der Waals surface area contributed by atoms with Crippen molar-refractivity contribution < 1.29 is 14.7 Å². The molecule has 0 aromatic heterocycles. The summed E-state index contributed by atoms with van der Waals surface area (Å²) in [4.78, 5) is 23.0. The van der Waals surface area contributed by atoms with Crippen LogP contribution in [0.2, 0.25) is 0 Å². The Balaban J connectivity index is 2.67. The lowest BCUT2D eigenvalue weighted by Crippen LogP contribution is -2.52. The van der Waals surface area contributed by atoms with Gasteiger partial charge in [0.25, 0.3) is 0 Å². The van der Waals surface area contributed by atoms with Crippen molar-refractivity contribution in [3.63, 3.8) is 0 Å². The van der Waals surface area contributed by atoms with Crippen LogP contribution in [0.3, 0.4) is 0 Å². The third kappa shape index (κ3) is 3.43. The van der Waals surface area contributed by atoms with Gasteiger partial charge >= 0.3 is 5.97 Å². The first-order valence-electron chi connectivity index (χ1n) is 6.06. The second-order valence-electron chi connectivity index (χ2n) is 5.47. The van der Waals surface area contributed by atoms with Crippen LogP contribution in [0.5, 0.6) is 0 Å². The zero-order chi connectivity index (χ0) is 13.1. The van der Waals surface area contributed by atoms with E-state index in [1.807, 2.05) is 6.92 Å². The van der Waals surface area contributed by atoms with Crippen molar-refractivity contribution in [3.05, 3.63) is 0 Å². The van der Waals surface area contributed by atoms with Gasteiger partial charge in [-0.3, -0.25) is 9.59 Å². The molecule has 0 aromatic rings. The summed E-state index contributed by atoms with van der Waals surface area (Å²) in [6.07, 6.45) is 1.53. The van der Waals surface area contributed by atoms with Crippen LogP contribution in [-0.4, -0.2) is 35.6 Å². The number of nitrogens with one attached hydrogen (secondary N) is 2. The summed E-state index contributed by atoms with van der Waals surface area (Å²) in [6, 6.07) is 0. The van der Waals surface area contributed by atoms with E-state index in [2.05, 4.69) is 10.6 Å². The van der Waals surface area contributed by atoms with Crippen molar-refractivity contribution in [2.45, 2.75) is 45.6 Å². The Morgan fingerprint density at radius 2 is 2.12 bits per heavy atom. The highest BCUT2D eigenvalue weighted by molar-refractivity contribution is 5.84. The third-order valence-corrected chi connectivity index (χ3v) is 3.45. The van der Waals surface area contributed by atoms with Crippen LogP contribution in [0.15, 0.2) is 0 Å². The maximum atomic E-state index is 12.3. The summed E-state index contributed by atoms with van der Waals surface area (Å²) in [5, 5.41) is 14.8. The van der Waals surface area contributed by atoms with Gasteiger partial charge in [0, 0.05) is 12.1 Å². The smallest absolute Gasteiger partial charge is 0.305 e. The number of amides is 1. The molecule has 0 bridgehead atoms. The van der Waals surface area contributed by atoms with E-state index in [4.69, 9.17) is 5.11 Å². The monoisotopic (exact) mass is 242 g/mol. The molecule has 1 rings (SSSR count). The average molecular weight is 242 g/mol. The number of carbonyl (C=O) groups excluding carboxylic acids is 1. The fourth-order valence-corrected chi connectivity index (χ4v) is 2.26. The highest BCUT2D eigenvalue weighted by Crippen LogP contribution is 2.30. The molecular weight excluding hydrogens is 220 g/mol. The van der Waals surface area contributed by atoms with Crippen LogP contribution in [0.1, 0.15) is 40.0 Å². The van der Waals surface area contributed by atoms with E-state index < -0.39 is 11.5 Å². The van der Waals surface area contributed by atoms with Gasteiger partial charge in [-0.1, -0.05) is 6.92 Å². The van der Waals surface area contributed by atoms with Gasteiger partial charge in [0.2, 0.25) is 5.91 Å². The van der Waals surface area contributed by atoms with Crippen molar-refractivity contribution >= 4 is 11.9 Å². The first-order valence-corrected chi connectivity index (χ1v) is 6.06. The molecule has 1 aliphatic heterocycles. The number of carbonyl (C=O) groups is 2. The Hall–Kier alpha value is -1.10. The van der Waals surface area contributed by atoms with E-state index in [0.717, 1.165) is 19.4 Å². The van der Waals surface area contributed by atoms with Gasteiger partial charge in [0.1, 0.15) is 0 Å². The van der Waals surface area contributed by atoms with Crippen molar-refractivity contribution in [3.8, 4) is 0 Å². The van der Waals surface area contributed by atoms with Gasteiger partial charge in [0.15, 0.2) is 0 Å². The quantitative estimate of drug-likeness (QED) is 0.664. The second kappa shape index (κ2) is 5.04. The topological polar surface area (TPSA) is 78.4 Å². The van der Waals surface area contributed by atoms with E-state index in [1.54, 1.807) is 13.8 Å². The number of hydrogen-bond acceptors (Lipinski definition) is 3. The Morgan fingerprint density at radius 3 is 2.53 bits per heavy atom. The van der Waals surface area contributed by atoms with E-state index in [0.29, 0.717) is 6.54 Å². The Bertz CT molecular complexity index is 307.